The summed E-state index contributed by atoms with van der Waals surface area (Å²) in [7, 11) is 0. The van der Waals surface area contributed by atoms with Crippen LogP contribution in [0.1, 0.15) is 15.9 Å². The van der Waals surface area contributed by atoms with E-state index in [0.29, 0.717) is 31.9 Å². The monoisotopic (exact) mass is 329 g/mol. The first-order chi connectivity index (χ1) is 9.49. The number of hydrogen-bond donors (Lipinski definition) is 1. The van der Waals surface area contributed by atoms with E-state index in [1.807, 2.05) is 0 Å². The molecule has 2 N–H and O–H groups in total. The molecule has 20 heavy (non-hydrogen) atoms. The van der Waals surface area contributed by atoms with Gasteiger partial charge in [-0.15, -0.1) is 0 Å². The van der Waals surface area contributed by atoms with E-state index in [0.717, 1.165) is 0 Å². The molecule has 0 aliphatic rings. The minimum Gasteiger partial charge on any atom is -0.457 e. The molecule has 0 atom stereocenters. The lowest BCUT2D eigenvalue weighted by Crippen LogP contribution is -2.06. The third-order valence-electron chi connectivity index (χ3n) is 2.65. The van der Waals surface area contributed by atoms with Crippen LogP contribution in [0.4, 0.5) is 5.69 Å². The zero-order valence-corrected chi connectivity index (χ0v) is 12.5. The fraction of sp³-hybridized carbons (Fsp3) is 0.0714. The number of hydrogen-bond acceptors (Lipinski definition) is 3. The second kappa shape index (κ2) is 6.35. The second-order valence-corrected chi connectivity index (χ2v) is 5.23. The largest absolute Gasteiger partial charge is 0.457 e. The number of halogens is 3. The van der Waals surface area contributed by atoms with Gasteiger partial charge in [0.05, 0.1) is 16.3 Å². The topological polar surface area (TPSA) is 52.3 Å². The molecule has 0 bridgehead atoms. The van der Waals surface area contributed by atoms with E-state index in [-0.39, 0.29) is 6.61 Å². The predicted molar refractivity (Wildman–Crippen MR) is 81.4 cm³/mol. The molecule has 3 nitrogen and oxygen atoms in total. The van der Waals surface area contributed by atoms with Gasteiger partial charge in [-0.3, -0.25) is 0 Å². The van der Waals surface area contributed by atoms with E-state index in [9.17, 15) is 4.79 Å². The summed E-state index contributed by atoms with van der Waals surface area (Å²) in [6.07, 6.45) is 0. The van der Waals surface area contributed by atoms with E-state index < -0.39 is 5.97 Å². The van der Waals surface area contributed by atoms with Crippen LogP contribution >= 0.6 is 34.8 Å². The Hall–Kier alpha value is -1.42. The third-order valence-corrected chi connectivity index (χ3v) is 3.68. The van der Waals surface area contributed by atoms with Gasteiger partial charge < -0.3 is 10.5 Å². The van der Waals surface area contributed by atoms with E-state index in [4.69, 9.17) is 45.3 Å². The van der Waals surface area contributed by atoms with Gasteiger partial charge in [-0.25, -0.2) is 4.79 Å². The quantitative estimate of drug-likeness (QED) is 0.661. The van der Waals surface area contributed by atoms with E-state index in [2.05, 4.69) is 0 Å². The Kier molecular flexibility index (Phi) is 4.76. The van der Waals surface area contributed by atoms with E-state index in [1.54, 1.807) is 24.3 Å². The van der Waals surface area contributed by atoms with E-state index >= 15 is 0 Å². The number of benzene rings is 2. The number of carbonyl (C=O) groups is 1. The van der Waals surface area contributed by atoms with Crippen LogP contribution in [0, 0.1) is 0 Å². The molecule has 0 saturated heterocycles. The molecule has 0 fully saturated rings. The smallest absolute Gasteiger partial charge is 0.338 e. The predicted octanol–water partition coefficient (Wildman–Crippen LogP) is 4.59. The van der Waals surface area contributed by atoms with Gasteiger partial charge in [0.2, 0.25) is 0 Å². The average Bonchev–Trinajstić information content (AvgIpc) is 2.41. The molecule has 0 unspecified atom stereocenters. The lowest BCUT2D eigenvalue weighted by atomic mass is 10.2. The number of carbonyl (C=O) groups excluding carboxylic acids is 1. The summed E-state index contributed by atoms with van der Waals surface area (Å²) in [5, 5.41) is 1.19. The van der Waals surface area contributed by atoms with Crippen molar-refractivity contribution in [3.05, 3.63) is 62.6 Å². The van der Waals surface area contributed by atoms with Crippen LogP contribution in [0.15, 0.2) is 36.4 Å². The molecular formula is C14H10Cl3NO2. The van der Waals surface area contributed by atoms with Crippen molar-refractivity contribution in [1.29, 1.82) is 0 Å². The number of ether oxygens (including phenoxy) is 1. The van der Waals surface area contributed by atoms with Gasteiger partial charge >= 0.3 is 5.97 Å². The molecule has 6 heteroatoms. The second-order valence-electron chi connectivity index (χ2n) is 4.01. The third kappa shape index (κ3) is 3.37. The summed E-state index contributed by atoms with van der Waals surface area (Å²) in [6, 6.07) is 9.61. The molecule has 0 radical (unpaired) electrons. The highest BCUT2D eigenvalue weighted by molar-refractivity contribution is 6.36. The maximum Gasteiger partial charge on any atom is 0.338 e. The van der Waals surface area contributed by atoms with Crippen molar-refractivity contribution in [3.63, 3.8) is 0 Å². The number of anilines is 1. The molecular weight excluding hydrogens is 321 g/mol. The minimum atomic E-state index is -0.525. The maximum absolute atomic E-state index is 11.9. The first kappa shape index (κ1) is 15.0. The van der Waals surface area contributed by atoms with Crippen molar-refractivity contribution in [2.24, 2.45) is 0 Å². The standard InChI is InChI=1S/C14H10Cl3NO2/c15-10-2-1-3-11(16)9(10)7-20-14(19)8-4-5-13(18)12(17)6-8/h1-6H,7,18H2. The van der Waals surface area contributed by atoms with Gasteiger partial charge in [-0.1, -0.05) is 40.9 Å². The molecule has 0 saturated carbocycles. The Labute approximate surface area is 131 Å². The highest BCUT2D eigenvalue weighted by Gasteiger charge is 2.12. The summed E-state index contributed by atoms with van der Waals surface area (Å²) in [6.45, 7) is -0.0145. The normalized spacial score (nSPS) is 10.3. The summed E-state index contributed by atoms with van der Waals surface area (Å²) in [5.74, 6) is -0.525. The van der Waals surface area contributed by atoms with Crippen LogP contribution in [0.2, 0.25) is 15.1 Å². The molecule has 0 aromatic heterocycles. The van der Waals surface area contributed by atoms with Gasteiger partial charge in [0.15, 0.2) is 0 Å². The molecule has 0 amide bonds. The molecule has 0 heterocycles. The summed E-state index contributed by atoms with van der Waals surface area (Å²) in [5.41, 5.74) is 6.85. The lowest BCUT2D eigenvalue weighted by molar-refractivity contribution is 0.0473. The number of nitrogen functional groups attached to an aromatic ring is 1. The van der Waals surface area contributed by atoms with Gasteiger partial charge in [0.25, 0.3) is 0 Å². The van der Waals surface area contributed by atoms with Crippen LogP contribution < -0.4 is 5.73 Å². The van der Waals surface area contributed by atoms with Crippen LogP contribution in [0.5, 0.6) is 0 Å². The molecule has 2 aromatic rings. The Bertz CT molecular complexity index is 639. The summed E-state index contributed by atoms with van der Waals surface area (Å²) in [4.78, 5) is 11.9. The summed E-state index contributed by atoms with van der Waals surface area (Å²) >= 11 is 17.8. The molecule has 0 aliphatic heterocycles. The van der Waals surface area contributed by atoms with Crippen molar-refractivity contribution in [1.82, 2.24) is 0 Å². The Morgan fingerprint density at radius 2 is 1.70 bits per heavy atom. The molecule has 2 rings (SSSR count). The number of rotatable bonds is 3. The first-order valence-electron chi connectivity index (χ1n) is 5.64. The van der Waals surface area contributed by atoms with Crippen LogP contribution in [-0.4, -0.2) is 5.97 Å². The van der Waals surface area contributed by atoms with Gasteiger partial charge in [0.1, 0.15) is 6.61 Å². The zero-order chi connectivity index (χ0) is 14.7. The molecule has 0 aliphatic carbocycles. The Morgan fingerprint density at radius 1 is 1.05 bits per heavy atom. The minimum absolute atomic E-state index is 0.0145. The summed E-state index contributed by atoms with van der Waals surface area (Å²) < 4.78 is 5.16. The SMILES string of the molecule is Nc1ccc(C(=O)OCc2c(Cl)cccc2Cl)cc1Cl. The van der Waals surface area contributed by atoms with Crippen LogP contribution in [-0.2, 0) is 11.3 Å². The highest BCUT2D eigenvalue weighted by Crippen LogP contribution is 2.26. The van der Waals surface area contributed by atoms with Gasteiger partial charge in [-0.05, 0) is 30.3 Å². The fourth-order valence-electron chi connectivity index (χ4n) is 1.55. The highest BCUT2D eigenvalue weighted by atomic mass is 35.5. The molecule has 104 valence electrons. The van der Waals surface area contributed by atoms with Crippen molar-refractivity contribution in [3.8, 4) is 0 Å². The molecule has 0 spiro atoms. The molecule has 2 aromatic carbocycles. The van der Waals surface area contributed by atoms with Crippen LogP contribution in [0.25, 0.3) is 0 Å². The Morgan fingerprint density at radius 3 is 2.30 bits per heavy atom. The first-order valence-corrected chi connectivity index (χ1v) is 6.77. The van der Waals surface area contributed by atoms with Crippen LogP contribution in [0.3, 0.4) is 0 Å². The van der Waals surface area contributed by atoms with Crippen molar-refractivity contribution >= 4 is 46.5 Å². The van der Waals surface area contributed by atoms with Crippen molar-refractivity contribution in [2.75, 3.05) is 5.73 Å². The van der Waals surface area contributed by atoms with Crippen molar-refractivity contribution < 1.29 is 9.53 Å². The van der Waals surface area contributed by atoms with Gasteiger partial charge in [-0.2, -0.15) is 0 Å². The van der Waals surface area contributed by atoms with E-state index in [1.165, 1.54) is 12.1 Å². The number of nitrogens with two attached hydrogens (primary N) is 1. The zero-order valence-electron chi connectivity index (χ0n) is 10.2. The maximum atomic E-state index is 11.9. The Balaban J connectivity index is 2.11. The lowest BCUT2D eigenvalue weighted by Gasteiger charge is -2.09. The fourth-order valence-corrected chi connectivity index (χ4v) is 2.23. The van der Waals surface area contributed by atoms with Gasteiger partial charge in [0, 0.05) is 15.6 Å². The average molecular weight is 331 g/mol. The number of esters is 1. The van der Waals surface area contributed by atoms with Crippen molar-refractivity contribution in [2.45, 2.75) is 6.61 Å².